The average Bonchev–Trinajstić information content (AvgIpc) is 3.15. The Bertz CT molecular complexity index is 1070. The number of aromatic nitrogens is 4. The van der Waals surface area contributed by atoms with Crippen LogP contribution in [0.15, 0.2) is 42.5 Å². The Kier molecular flexibility index (Phi) is 6.50. The Hall–Kier alpha value is -3.26. The van der Waals surface area contributed by atoms with Crippen molar-refractivity contribution in [1.82, 2.24) is 25.1 Å². The Balaban J connectivity index is 1.39. The largest absolute Gasteiger partial charge is 0.381 e. The molecule has 8 nitrogen and oxygen atoms in total. The van der Waals surface area contributed by atoms with E-state index in [1.165, 1.54) is 0 Å². The zero-order valence-electron chi connectivity index (χ0n) is 18.9. The molecule has 1 fully saturated rings. The summed E-state index contributed by atoms with van der Waals surface area (Å²) in [4.78, 5) is 22.2. The maximum atomic E-state index is 13.2. The van der Waals surface area contributed by atoms with Crippen molar-refractivity contribution in [2.24, 2.45) is 0 Å². The van der Waals surface area contributed by atoms with Crippen LogP contribution in [0.1, 0.15) is 35.6 Å². The summed E-state index contributed by atoms with van der Waals surface area (Å²) >= 11 is 0. The van der Waals surface area contributed by atoms with Crippen molar-refractivity contribution in [3.05, 3.63) is 65.2 Å². The topological polar surface area (TPSA) is 94.0 Å². The third kappa shape index (κ3) is 4.65. The number of anilines is 1. The predicted molar refractivity (Wildman–Crippen MR) is 123 cm³/mol. The van der Waals surface area contributed by atoms with Gasteiger partial charge in [0.05, 0.1) is 11.1 Å². The number of carbonyl (C=O) groups excluding carboxylic acids is 1. The Labute approximate surface area is 188 Å². The van der Waals surface area contributed by atoms with E-state index in [0.29, 0.717) is 50.8 Å². The summed E-state index contributed by atoms with van der Waals surface area (Å²) in [7, 11) is 0. The first kappa shape index (κ1) is 22.0. The molecule has 168 valence electrons. The van der Waals surface area contributed by atoms with Crippen molar-refractivity contribution in [3.8, 4) is 5.82 Å². The van der Waals surface area contributed by atoms with Gasteiger partial charge >= 0.3 is 0 Å². The summed E-state index contributed by atoms with van der Waals surface area (Å²) in [6.45, 7) is 8.05. The Morgan fingerprint density at radius 2 is 1.81 bits per heavy atom. The number of nitrogens with one attached hydrogen (secondary N) is 2. The highest BCUT2D eigenvalue weighted by Gasteiger charge is 2.41. The molecule has 0 saturated carbocycles. The van der Waals surface area contributed by atoms with Gasteiger partial charge in [-0.1, -0.05) is 30.3 Å². The van der Waals surface area contributed by atoms with E-state index in [-0.39, 0.29) is 5.91 Å². The van der Waals surface area contributed by atoms with Crippen LogP contribution in [0.2, 0.25) is 0 Å². The fourth-order valence-electron chi connectivity index (χ4n) is 4.27. The highest BCUT2D eigenvalue weighted by molar-refractivity contribution is 5.88. The summed E-state index contributed by atoms with van der Waals surface area (Å²) in [5.41, 5.74) is 2.47. The third-order valence-corrected chi connectivity index (χ3v) is 5.88. The van der Waals surface area contributed by atoms with Crippen LogP contribution >= 0.6 is 0 Å². The van der Waals surface area contributed by atoms with Crippen molar-refractivity contribution in [2.75, 3.05) is 31.6 Å². The van der Waals surface area contributed by atoms with Crippen LogP contribution in [-0.4, -0.2) is 52.0 Å². The minimum absolute atomic E-state index is 0.0519. The van der Waals surface area contributed by atoms with E-state index >= 15 is 0 Å². The third-order valence-electron chi connectivity index (χ3n) is 5.88. The van der Waals surface area contributed by atoms with Crippen LogP contribution in [0.4, 0.5) is 5.82 Å². The minimum Gasteiger partial charge on any atom is -0.381 e. The molecule has 3 aromatic rings. The maximum absolute atomic E-state index is 13.2. The fourth-order valence-corrected chi connectivity index (χ4v) is 4.27. The highest BCUT2D eigenvalue weighted by Crippen LogP contribution is 2.35. The molecule has 0 spiro atoms. The summed E-state index contributed by atoms with van der Waals surface area (Å²) in [5.74, 6) is 2.14. The first-order valence-electron chi connectivity index (χ1n) is 11.0. The van der Waals surface area contributed by atoms with E-state index in [0.717, 1.165) is 22.8 Å². The quantitative estimate of drug-likeness (QED) is 0.556. The lowest BCUT2D eigenvalue weighted by atomic mass is 9.73. The first-order valence-corrected chi connectivity index (χ1v) is 11.0. The van der Waals surface area contributed by atoms with Gasteiger partial charge in [-0.25, -0.2) is 14.6 Å². The van der Waals surface area contributed by atoms with E-state index in [2.05, 4.69) is 25.7 Å². The molecule has 0 unspecified atom stereocenters. The lowest BCUT2D eigenvalue weighted by Gasteiger charge is -2.36. The molecule has 0 radical (unpaired) electrons. The first-order chi connectivity index (χ1) is 15.5. The van der Waals surface area contributed by atoms with Crippen LogP contribution in [0.5, 0.6) is 0 Å². The van der Waals surface area contributed by atoms with Crippen LogP contribution < -0.4 is 10.6 Å². The van der Waals surface area contributed by atoms with E-state index in [1.54, 1.807) is 0 Å². The standard InChI is InChI=1S/C24H30N6O2/c1-17-15-18(2)30(29-17)22-16-21(27-19(3)28-22)25-11-12-26-23(31)24(9-13-32-14-10-24)20-7-5-4-6-8-20/h4-8,15-16H,9-14H2,1-3H3,(H,26,31)(H,25,27,28). The van der Waals surface area contributed by atoms with Gasteiger partial charge in [-0.15, -0.1) is 0 Å². The molecule has 1 aromatic carbocycles. The summed E-state index contributed by atoms with van der Waals surface area (Å²) in [6.07, 6.45) is 1.38. The van der Waals surface area contributed by atoms with E-state index in [9.17, 15) is 4.79 Å². The Morgan fingerprint density at radius 3 is 2.50 bits per heavy atom. The molecule has 2 aromatic heterocycles. The monoisotopic (exact) mass is 434 g/mol. The number of hydrogen-bond donors (Lipinski definition) is 2. The number of rotatable bonds is 7. The SMILES string of the molecule is Cc1cc(C)n(-c2cc(NCCNC(=O)C3(c4ccccc4)CCOCC3)nc(C)n2)n1. The van der Waals surface area contributed by atoms with Gasteiger partial charge in [0.1, 0.15) is 11.6 Å². The fraction of sp³-hybridized carbons (Fsp3) is 0.417. The molecule has 2 N–H and O–H groups in total. The van der Waals surface area contributed by atoms with Crippen molar-refractivity contribution >= 4 is 11.7 Å². The molecule has 8 heteroatoms. The minimum atomic E-state index is -0.534. The van der Waals surface area contributed by atoms with Gasteiger partial charge in [0.2, 0.25) is 5.91 Å². The van der Waals surface area contributed by atoms with Crippen LogP contribution in [0.3, 0.4) is 0 Å². The molecule has 1 aliphatic rings. The zero-order chi connectivity index (χ0) is 22.6. The molecule has 0 atom stereocenters. The highest BCUT2D eigenvalue weighted by atomic mass is 16.5. The molecular weight excluding hydrogens is 404 g/mol. The van der Waals surface area contributed by atoms with Gasteiger partial charge in [0, 0.05) is 38.1 Å². The van der Waals surface area contributed by atoms with Gasteiger partial charge in [-0.3, -0.25) is 4.79 Å². The lowest BCUT2D eigenvalue weighted by molar-refractivity contribution is -0.130. The predicted octanol–water partition coefficient (Wildman–Crippen LogP) is 2.86. The van der Waals surface area contributed by atoms with Crippen molar-refractivity contribution in [2.45, 2.75) is 39.0 Å². The molecule has 3 heterocycles. The lowest BCUT2D eigenvalue weighted by Crippen LogP contribution is -2.49. The van der Waals surface area contributed by atoms with E-state index in [4.69, 9.17) is 4.74 Å². The second kappa shape index (κ2) is 9.48. The number of hydrogen-bond acceptors (Lipinski definition) is 6. The summed E-state index contributed by atoms with van der Waals surface area (Å²) in [6, 6.07) is 13.9. The van der Waals surface area contributed by atoms with Gasteiger partial charge < -0.3 is 15.4 Å². The zero-order valence-corrected chi connectivity index (χ0v) is 18.9. The van der Waals surface area contributed by atoms with Crippen molar-refractivity contribution < 1.29 is 9.53 Å². The normalized spacial score (nSPS) is 15.3. The number of benzene rings is 1. The van der Waals surface area contributed by atoms with Gasteiger partial charge in [-0.2, -0.15) is 5.10 Å². The summed E-state index contributed by atoms with van der Waals surface area (Å²) in [5, 5.41) is 10.9. The van der Waals surface area contributed by atoms with Gasteiger partial charge in [0.15, 0.2) is 5.82 Å². The number of amides is 1. The summed E-state index contributed by atoms with van der Waals surface area (Å²) < 4.78 is 7.35. The van der Waals surface area contributed by atoms with E-state index in [1.807, 2.05) is 67.9 Å². The molecular formula is C24H30N6O2. The second-order valence-corrected chi connectivity index (χ2v) is 8.24. The number of ether oxygens (including phenoxy) is 1. The smallest absolute Gasteiger partial charge is 0.230 e. The van der Waals surface area contributed by atoms with Crippen LogP contribution in [0, 0.1) is 20.8 Å². The molecule has 0 bridgehead atoms. The van der Waals surface area contributed by atoms with Crippen LogP contribution in [0.25, 0.3) is 5.82 Å². The van der Waals surface area contributed by atoms with Gasteiger partial charge in [-0.05, 0) is 45.2 Å². The maximum Gasteiger partial charge on any atom is 0.230 e. The number of aryl methyl sites for hydroxylation is 3. The number of nitrogens with zero attached hydrogens (tertiary/aromatic N) is 4. The molecule has 1 amide bonds. The molecule has 1 aliphatic heterocycles. The molecule has 1 saturated heterocycles. The molecule has 32 heavy (non-hydrogen) atoms. The number of carbonyl (C=O) groups is 1. The molecule has 0 aliphatic carbocycles. The average molecular weight is 435 g/mol. The second-order valence-electron chi connectivity index (χ2n) is 8.24. The van der Waals surface area contributed by atoms with Crippen molar-refractivity contribution in [1.29, 1.82) is 0 Å². The van der Waals surface area contributed by atoms with Crippen molar-refractivity contribution in [3.63, 3.8) is 0 Å². The Morgan fingerprint density at radius 1 is 1.06 bits per heavy atom. The van der Waals surface area contributed by atoms with Crippen LogP contribution in [-0.2, 0) is 14.9 Å². The van der Waals surface area contributed by atoms with Gasteiger partial charge in [0.25, 0.3) is 0 Å². The molecule has 4 rings (SSSR count). The van der Waals surface area contributed by atoms with E-state index < -0.39 is 5.41 Å².